The first kappa shape index (κ1) is 19.1. The zero-order valence-corrected chi connectivity index (χ0v) is 14.8. The number of hydrogen-bond acceptors (Lipinski definition) is 4. The highest BCUT2D eigenvalue weighted by Crippen LogP contribution is 2.26. The Balaban J connectivity index is 2.06. The molecule has 1 aliphatic carbocycles. The Morgan fingerprint density at radius 2 is 2.00 bits per heavy atom. The van der Waals surface area contributed by atoms with Gasteiger partial charge in [0, 0.05) is 6.54 Å². The van der Waals surface area contributed by atoms with Crippen LogP contribution in [0.25, 0.3) is 0 Å². The Kier molecular flexibility index (Phi) is 7.13. The fourth-order valence-electron chi connectivity index (χ4n) is 3.21. The van der Waals surface area contributed by atoms with E-state index in [2.05, 4.69) is 17.4 Å². The lowest BCUT2D eigenvalue weighted by Gasteiger charge is -2.22. The van der Waals surface area contributed by atoms with E-state index >= 15 is 0 Å². The van der Waals surface area contributed by atoms with Crippen molar-refractivity contribution in [2.24, 2.45) is 5.73 Å². The number of nitrogens with two attached hydrogens (primary N) is 1. The second-order valence-electron chi connectivity index (χ2n) is 6.42. The van der Waals surface area contributed by atoms with E-state index in [1.807, 2.05) is 13.0 Å². The summed E-state index contributed by atoms with van der Waals surface area (Å²) >= 11 is 0. The third kappa shape index (κ3) is 4.89. The van der Waals surface area contributed by atoms with E-state index in [1.165, 1.54) is 24.0 Å². The van der Waals surface area contributed by atoms with E-state index in [0.29, 0.717) is 25.8 Å². The normalized spacial score (nSPS) is 14.3. The summed E-state index contributed by atoms with van der Waals surface area (Å²) < 4.78 is 0. The van der Waals surface area contributed by atoms with Crippen molar-refractivity contribution in [2.75, 3.05) is 13.1 Å². The average Bonchev–Trinajstić information content (AvgIpc) is 2.65. The SMILES string of the molecule is CCC(NC(=O)C(=O)N(C=O)CCCN)c1ccc2c(c1)CCCC2. The van der Waals surface area contributed by atoms with Gasteiger partial charge in [0.25, 0.3) is 0 Å². The predicted molar refractivity (Wildman–Crippen MR) is 95.7 cm³/mol. The molecule has 3 amide bonds. The number of imide groups is 1. The smallest absolute Gasteiger partial charge is 0.318 e. The fraction of sp³-hybridized carbons (Fsp3) is 0.526. The van der Waals surface area contributed by atoms with Gasteiger partial charge in [0.1, 0.15) is 0 Å². The summed E-state index contributed by atoms with van der Waals surface area (Å²) in [6, 6.07) is 6.04. The number of rotatable bonds is 7. The van der Waals surface area contributed by atoms with E-state index in [-0.39, 0.29) is 12.6 Å². The minimum absolute atomic E-state index is 0.155. The summed E-state index contributed by atoms with van der Waals surface area (Å²) in [5.74, 6) is -1.59. The van der Waals surface area contributed by atoms with E-state index < -0.39 is 11.8 Å². The van der Waals surface area contributed by atoms with Crippen LogP contribution in [0.3, 0.4) is 0 Å². The van der Waals surface area contributed by atoms with Crippen molar-refractivity contribution in [2.45, 2.75) is 51.5 Å². The topological polar surface area (TPSA) is 92.5 Å². The Morgan fingerprint density at radius 3 is 2.64 bits per heavy atom. The Bertz CT molecular complexity index is 630. The van der Waals surface area contributed by atoms with Gasteiger partial charge in [-0.05, 0) is 61.8 Å². The number of fused-ring (bicyclic) bond motifs is 1. The van der Waals surface area contributed by atoms with E-state index in [1.54, 1.807) is 0 Å². The van der Waals surface area contributed by atoms with Gasteiger partial charge >= 0.3 is 11.8 Å². The molecule has 25 heavy (non-hydrogen) atoms. The number of carbonyl (C=O) groups excluding carboxylic acids is 3. The highest BCUT2D eigenvalue weighted by molar-refractivity contribution is 6.36. The second kappa shape index (κ2) is 9.32. The molecule has 0 aromatic heterocycles. The Labute approximate surface area is 148 Å². The van der Waals surface area contributed by atoms with Crippen molar-refractivity contribution in [1.29, 1.82) is 0 Å². The van der Waals surface area contributed by atoms with Crippen LogP contribution in [-0.2, 0) is 27.2 Å². The van der Waals surface area contributed by atoms with E-state index in [9.17, 15) is 14.4 Å². The van der Waals surface area contributed by atoms with Crippen molar-refractivity contribution in [1.82, 2.24) is 10.2 Å². The molecule has 0 saturated carbocycles. The highest BCUT2D eigenvalue weighted by Gasteiger charge is 2.24. The number of carbonyl (C=O) groups is 3. The lowest BCUT2D eigenvalue weighted by Crippen LogP contribution is -2.44. The van der Waals surface area contributed by atoms with Crippen molar-refractivity contribution in [3.05, 3.63) is 34.9 Å². The molecule has 0 radical (unpaired) electrons. The van der Waals surface area contributed by atoms with E-state index in [0.717, 1.165) is 23.3 Å². The molecule has 1 aliphatic rings. The lowest BCUT2D eigenvalue weighted by molar-refractivity contribution is -0.149. The van der Waals surface area contributed by atoms with Gasteiger partial charge in [-0.3, -0.25) is 19.3 Å². The zero-order chi connectivity index (χ0) is 18.2. The summed E-state index contributed by atoms with van der Waals surface area (Å²) in [5, 5.41) is 2.76. The van der Waals surface area contributed by atoms with Crippen molar-refractivity contribution in [3.8, 4) is 0 Å². The zero-order valence-electron chi connectivity index (χ0n) is 14.8. The van der Waals surface area contributed by atoms with Gasteiger partial charge in [0.15, 0.2) is 0 Å². The molecular weight excluding hydrogens is 318 g/mol. The maximum absolute atomic E-state index is 12.2. The van der Waals surface area contributed by atoms with Gasteiger partial charge in [0.2, 0.25) is 6.41 Å². The molecule has 1 aromatic carbocycles. The lowest BCUT2D eigenvalue weighted by atomic mass is 9.89. The van der Waals surface area contributed by atoms with Gasteiger partial charge in [0.05, 0.1) is 6.04 Å². The third-order valence-corrected chi connectivity index (χ3v) is 4.67. The van der Waals surface area contributed by atoms with Crippen LogP contribution in [0, 0.1) is 0 Å². The molecular formula is C19H27N3O3. The largest absolute Gasteiger partial charge is 0.341 e. The quantitative estimate of drug-likeness (QED) is 0.578. The molecule has 1 unspecified atom stereocenters. The van der Waals surface area contributed by atoms with Gasteiger partial charge in [-0.15, -0.1) is 0 Å². The molecule has 1 atom stereocenters. The van der Waals surface area contributed by atoms with Crippen LogP contribution in [0.2, 0.25) is 0 Å². The maximum atomic E-state index is 12.2. The van der Waals surface area contributed by atoms with Gasteiger partial charge in [-0.2, -0.15) is 0 Å². The molecule has 0 saturated heterocycles. The minimum Gasteiger partial charge on any atom is -0.341 e. The molecule has 1 aromatic rings. The first-order valence-electron chi connectivity index (χ1n) is 8.99. The number of nitrogens with zero attached hydrogens (tertiary/aromatic N) is 1. The summed E-state index contributed by atoms with van der Waals surface area (Å²) in [5.41, 5.74) is 9.10. The van der Waals surface area contributed by atoms with Crippen LogP contribution in [0.1, 0.15) is 55.3 Å². The first-order valence-corrected chi connectivity index (χ1v) is 8.99. The number of nitrogens with one attached hydrogen (secondary N) is 1. The molecule has 3 N–H and O–H groups in total. The summed E-state index contributed by atoms with van der Waals surface area (Å²) in [6.45, 7) is 2.47. The highest BCUT2D eigenvalue weighted by atomic mass is 16.2. The number of aryl methyl sites for hydroxylation is 2. The van der Waals surface area contributed by atoms with Crippen molar-refractivity contribution >= 4 is 18.2 Å². The summed E-state index contributed by atoms with van der Waals surface area (Å²) in [6.07, 6.45) is 6.10. The third-order valence-electron chi connectivity index (χ3n) is 4.67. The molecule has 0 spiro atoms. The van der Waals surface area contributed by atoms with Crippen LogP contribution in [-0.4, -0.2) is 36.2 Å². The molecule has 0 fully saturated rings. The average molecular weight is 345 g/mol. The molecule has 0 aliphatic heterocycles. The van der Waals surface area contributed by atoms with Crippen LogP contribution >= 0.6 is 0 Å². The monoisotopic (exact) mass is 345 g/mol. The van der Waals surface area contributed by atoms with Gasteiger partial charge in [-0.25, -0.2) is 0 Å². The summed E-state index contributed by atoms with van der Waals surface area (Å²) in [7, 11) is 0. The van der Waals surface area contributed by atoms with Gasteiger partial charge in [-0.1, -0.05) is 25.1 Å². The molecule has 2 rings (SSSR count). The number of amides is 3. The minimum atomic E-state index is -0.833. The number of benzene rings is 1. The van der Waals surface area contributed by atoms with Crippen LogP contribution < -0.4 is 11.1 Å². The van der Waals surface area contributed by atoms with Gasteiger partial charge < -0.3 is 11.1 Å². The second-order valence-corrected chi connectivity index (χ2v) is 6.42. The maximum Gasteiger partial charge on any atom is 0.318 e. The number of hydrogen-bond donors (Lipinski definition) is 2. The molecule has 6 nitrogen and oxygen atoms in total. The van der Waals surface area contributed by atoms with Crippen molar-refractivity contribution < 1.29 is 14.4 Å². The molecule has 6 heteroatoms. The van der Waals surface area contributed by atoms with Crippen LogP contribution in [0.4, 0.5) is 0 Å². The molecule has 0 heterocycles. The predicted octanol–water partition coefficient (Wildman–Crippen LogP) is 1.47. The van der Waals surface area contributed by atoms with Crippen molar-refractivity contribution in [3.63, 3.8) is 0 Å². The Morgan fingerprint density at radius 1 is 1.28 bits per heavy atom. The fourth-order valence-corrected chi connectivity index (χ4v) is 3.21. The standard InChI is InChI=1S/C19H27N3O3/c1-2-17(16-9-8-14-6-3-4-7-15(14)12-16)21-18(24)19(25)22(13-23)11-5-10-20/h8-9,12-13,17H,2-7,10-11,20H2,1H3,(H,21,24). The Hall–Kier alpha value is -2.21. The van der Waals surface area contributed by atoms with E-state index in [4.69, 9.17) is 5.73 Å². The van der Waals surface area contributed by atoms with Crippen LogP contribution in [0.15, 0.2) is 18.2 Å². The first-order chi connectivity index (χ1) is 12.1. The summed E-state index contributed by atoms with van der Waals surface area (Å²) in [4.78, 5) is 36.3. The molecule has 136 valence electrons. The van der Waals surface area contributed by atoms with Crippen LogP contribution in [0.5, 0.6) is 0 Å². The molecule has 0 bridgehead atoms.